The molecule has 0 saturated carbocycles. The Morgan fingerprint density at radius 3 is 2.42 bits per heavy atom. The Hall–Kier alpha value is -1.85. The topological polar surface area (TPSA) is 33.0 Å². The minimum atomic E-state index is -0.435. The molecule has 1 heterocycles. The van der Waals surface area contributed by atoms with E-state index in [1.807, 2.05) is 19.9 Å². The van der Waals surface area contributed by atoms with Crippen molar-refractivity contribution in [1.82, 2.24) is 0 Å². The van der Waals surface area contributed by atoms with Gasteiger partial charge in [-0.25, -0.2) is 0 Å². The third kappa shape index (κ3) is 1.59. The fraction of sp³-hybridized carbons (Fsp3) is 0.353. The molecule has 2 aromatic carbocycles. The van der Waals surface area contributed by atoms with Crippen LogP contribution in [-0.4, -0.2) is 13.2 Å². The van der Waals surface area contributed by atoms with Gasteiger partial charge in [-0.3, -0.25) is 0 Å². The largest absolute Gasteiger partial charge is 0.379 e. The summed E-state index contributed by atoms with van der Waals surface area (Å²) in [4.78, 5) is 0. The molecule has 0 amide bonds. The Balaban J connectivity index is 2.27. The van der Waals surface area contributed by atoms with Crippen LogP contribution in [0.2, 0.25) is 0 Å². The maximum Gasteiger partial charge on any atom is 0.0695 e. The van der Waals surface area contributed by atoms with Crippen molar-refractivity contribution < 1.29 is 4.74 Å². The lowest BCUT2D eigenvalue weighted by Gasteiger charge is -2.49. The lowest BCUT2D eigenvalue weighted by molar-refractivity contribution is -0.102. The van der Waals surface area contributed by atoms with Crippen LogP contribution in [0.15, 0.2) is 42.5 Å². The van der Waals surface area contributed by atoms with Crippen molar-refractivity contribution in [3.63, 3.8) is 0 Å². The summed E-state index contributed by atoms with van der Waals surface area (Å²) in [5, 5.41) is 12.0. The van der Waals surface area contributed by atoms with Gasteiger partial charge in [-0.1, -0.05) is 42.5 Å². The first-order chi connectivity index (χ1) is 9.11. The van der Waals surface area contributed by atoms with Gasteiger partial charge in [-0.2, -0.15) is 5.26 Å². The van der Waals surface area contributed by atoms with Gasteiger partial charge in [0.25, 0.3) is 0 Å². The van der Waals surface area contributed by atoms with Crippen LogP contribution in [0.1, 0.15) is 19.4 Å². The fourth-order valence-electron chi connectivity index (χ4n) is 2.91. The van der Waals surface area contributed by atoms with Crippen LogP contribution in [0.4, 0.5) is 0 Å². The van der Waals surface area contributed by atoms with Crippen molar-refractivity contribution in [1.29, 1.82) is 5.26 Å². The van der Waals surface area contributed by atoms with E-state index in [0.717, 1.165) is 0 Å². The van der Waals surface area contributed by atoms with E-state index in [1.165, 1.54) is 16.3 Å². The van der Waals surface area contributed by atoms with Crippen LogP contribution in [-0.2, 0) is 10.2 Å². The van der Waals surface area contributed by atoms with E-state index < -0.39 is 5.41 Å². The molecule has 96 valence electrons. The zero-order valence-electron chi connectivity index (χ0n) is 11.3. The van der Waals surface area contributed by atoms with Crippen LogP contribution in [0.5, 0.6) is 0 Å². The summed E-state index contributed by atoms with van der Waals surface area (Å²) < 4.78 is 5.48. The molecule has 1 aliphatic rings. The number of ether oxygens (including phenoxy) is 1. The average Bonchev–Trinajstić information content (AvgIpc) is 2.37. The zero-order chi connectivity index (χ0) is 13.5. The highest BCUT2D eigenvalue weighted by Crippen LogP contribution is 2.48. The van der Waals surface area contributed by atoms with Gasteiger partial charge >= 0.3 is 0 Å². The van der Waals surface area contributed by atoms with Crippen LogP contribution < -0.4 is 0 Å². The predicted octanol–water partition coefficient (Wildman–Crippen LogP) is 3.66. The van der Waals surface area contributed by atoms with E-state index in [2.05, 4.69) is 42.5 Å². The minimum Gasteiger partial charge on any atom is -0.379 e. The van der Waals surface area contributed by atoms with Crippen molar-refractivity contribution in [2.45, 2.75) is 19.3 Å². The molecule has 0 spiro atoms. The predicted molar refractivity (Wildman–Crippen MR) is 75.8 cm³/mol. The molecule has 1 fully saturated rings. The van der Waals surface area contributed by atoms with Crippen LogP contribution in [0.3, 0.4) is 0 Å². The Morgan fingerprint density at radius 1 is 1.11 bits per heavy atom. The second-order valence-corrected chi connectivity index (χ2v) is 5.84. The van der Waals surface area contributed by atoms with Crippen LogP contribution in [0, 0.1) is 16.7 Å². The molecule has 2 heteroatoms. The number of hydrogen-bond donors (Lipinski definition) is 0. The van der Waals surface area contributed by atoms with Gasteiger partial charge < -0.3 is 4.74 Å². The molecule has 3 rings (SSSR count). The summed E-state index contributed by atoms with van der Waals surface area (Å²) >= 11 is 0. The molecule has 2 nitrogen and oxygen atoms in total. The molecule has 1 aliphatic heterocycles. The molecule has 0 bridgehead atoms. The van der Waals surface area contributed by atoms with E-state index in [4.69, 9.17) is 4.74 Å². The summed E-state index contributed by atoms with van der Waals surface area (Å²) in [7, 11) is 0. The summed E-state index contributed by atoms with van der Waals surface area (Å²) in [6.07, 6.45) is 0. The number of nitrogens with zero attached hydrogens (tertiary/aromatic N) is 1. The highest BCUT2D eigenvalue weighted by Gasteiger charge is 2.53. The molecule has 2 aromatic rings. The van der Waals surface area contributed by atoms with Gasteiger partial charge in [0.05, 0.1) is 30.1 Å². The van der Waals surface area contributed by atoms with Crippen molar-refractivity contribution >= 4 is 10.8 Å². The van der Waals surface area contributed by atoms with E-state index in [0.29, 0.717) is 13.2 Å². The van der Waals surface area contributed by atoms with Crippen molar-refractivity contribution in [2.75, 3.05) is 13.2 Å². The van der Waals surface area contributed by atoms with Crippen molar-refractivity contribution in [3.8, 4) is 6.07 Å². The maximum absolute atomic E-state index is 9.52. The van der Waals surface area contributed by atoms with E-state index >= 15 is 0 Å². The zero-order valence-corrected chi connectivity index (χ0v) is 11.3. The number of rotatable bonds is 2. The molecule has 0 unspecified atom stereocenters. The number of benzene rings is 2. The first-order valence-electron chi connectivity index (χ1n) is 6.58. The number of hydrogen-bond acceptors (Lipinski definition) is 2. The Bertz CT molecular complexity index is 657. The summed E-state index contributed by atoms with van der Waals surface area (Å²) in [5.74, 6) is 0. The minimum absolute atomic E-state index is 0.192. The first-order valence-corrected chi connectivity index (χ1v) is 6.58. The monoisotopic (exact) mass is 251 g/mol. The standard InChI is InChI=1S/C17H17NO/c1-16(2,10-18)17(11-19-12-17)15-9-5-7-13-6-3-4-8-14(13)15/h3-9H,11-12H2,1-2H3. The summed E-state index contributed by atoms with van der Waals surface area (Å²) in [5.41, 5.74) is 0.612. The molecule has 1 saturated heterocycles. The molecule has 0 aliphatic carbocycles. The van der Waals surface area contributed by atoms with E-state index in [-0.39, 0.29) is 5.41 Å². The summed E-state index contributed by atoms with van der Waals surface area (Å²) in [6, 6.07) is 17.2. The van der Waals surface area contributed by atoms with Gasteiger partial charge in [-0.15, -0.1) is 0 Å². The third-order valence-corrected chi connectivity index (χ3v) is 4.48. The van der Waals surface area contributed by atoms with Gasteiger partial charge in [-0.05, 0) is 30.2 Å². The van der Waals surface area contributed by atoms with E-state index in [1.54, 1.807) is 0 Å². The Labute approximate surface area is 113 Å². The maximum atomic E-state index is 9.52. The van der Waals surface area contributed by atoms with E-state index in [9.17, 15) is 5.26 Å². The molecular formula is C17H17NO. The van der Waals surface area contributed by atoms with Gasteiger partial charge in [0.1, 0.15) is 0 Å². The molecular weight excluding hydrogens is 234 g/mol. The number of nitriles is 1. The molecule has 0 N–H and O–H groups in total. The highest BCUT2D eigenvalue weighted by molar-refractivity contribution is 5.87. The van der Waals surface area contributed by atoms with Crippen LogP contribution >= 0.6 is 0 Å². The summed E-state index contributed by atoms with van der Waals surface area (Å²) in [6.45, 7) is 5.28. The molecule has 19 heavy (non-hydrogen) atoms. The Morgan fingerprint density at radius 2 is 1.79 bits per heavy atom. The second-order valence-electron chi connectivity index (χ2n) is 5.84. The third-order valence-electron chi connectivity index (χ3n) is 4.48. The lowest BCUT2D eigenvalue weighted by atomic mass is 9.60. The average molecular weight is 251 g/mol. The molecule has 0 aromatic heterocycles. The molecule has 0 radical (unpaired) electrons. The fourth-order valence-corrected chi connectivity index (χ4v) is 2.91. The van der Waals surface area contributed by atoms with Gasteiger partial charge in [0.2, 0.25) is 0 Å². The van der Waals surface area contributed by atoms with Crippen molar-refractivity contribution in [3.05, 3.63) is 48.0 Å². The normalized spacial score (nSPS) is 17.7. The van der Waals surface area contributed by atoms with Gasteiger partial charge in [0, 0.05) is 0 Å². The van der Waals surface area contributed by atoms with Gasteiger partial charge in [0.15, 0.2) is 0 Å². The smallest absolute Gasteiger partial charge is 0.0695 e. The SMILES string of the molecule is CC(C)(C#N)C1(c2cccc3ccccc23)COC1. The highest BCUT2D eigenvalue weighted by atomic mass is 16.5. The quantitative estimate of drug-likeness (QED) is 0.816. The lowest BCUT2D eigenvalue weighted by Crippen LogP contribution is -2.56. The number of fused-ring (bicyclic) bond motifs is 1. The Kier molecular flexibility index (Phi) is 2.62. The first kappa shape index (κ1) is 12.2. The van der Waals surface area contributed by atoms with Crippen molar-refractivity contribution in [2.24, 2.45) is 5.41 Å². The van der Waals surface area contributed by atoms with Crippen LogP contribution in [0.25, 0.3) is 10.8 Å². The molecule has 0 atom stereocenters. The second kappa shape index (κ2) is 4.08.